The van der Waals surface area contributed by atoms with Crippen molar-refractivity contribution in [3.63, 3.8) is 0 Å². The fourth-order valence-corrected chi connectivity index (χ4v) is 4.23. The molecular formula is C30H62N2O3. The molecule has 1 unspecified atom stereocenters. The zero-order chi connectivity index (χ0) is 25.7. The van der Waals surface area contributed by atoms with Crippen molar-refractivity contribution in [2.24, 2.45) is 5.92 Å². The maximum atomic E-state index is 11.9. The van der Waals surface area contributed by atoms with Crippen molar-refractivity contribution in [2.75, 3.05) is 46.0 Å². The Kier molecular flexibility index (Phi) is 29.0. The number of hydrogen-bond donors (Lipinski definition) is 2. The van der Waals surface area contributed by atoms with E-state index in [-0.39, 0.29) is 5.97 Å². The highest BCUT2D eigenvalue weighted by molar-refractivity contribution is 5.69. The van der Waals surface area contributed by atoms with Crippen molar-refractivity contribution in [1.29, 1.82) is 0 Å². The van der Waals surface area contributed by atoms with Crippen LogP contribution in [0.25, 0.3) is 0 Å². The molecule has 0 fully saturated rings. The topological polar surface area (TPSA) is 59.6 Å². The summed E-state index contributed by atoms with van der Waals surface area (Å²) in [4.78, 5) is 11.9. The van der Waals surface area contributed by atoms with Crippen molar-refractivity contribution in [1.82, 2.24) is 10.6 Å². The average molecular weight is 499 g/mol. The smallest absolute Gasteiger partial charge is 0.307 e. The van der Waals surface area contributed by atoms with Gasteiger partial charge in [-0.3, -0.25) is 4.79 Å². The van der Waals surface area contributed by atoms with Gasteiger partial charge < -0.3 is 20.1 Å². The van der Waals surface area contributed by atoms with Crippen molar-refractivity contribution in [2.45, 2.75) is 136 Å². The Morgan fingerprint density at radius 1 is 0.629 bits per heavy atom. The van der Waals surface area contributed by atoms with Crippen LogP contribution in [0.3, 0.4) is 0 Å². The summed E-state index contributed by atoms with van der Waals surface area (Å²) in [6.45, 7) is 12.7. The van der Waals surface area contributed by atoms with Gasteiger partial charge in [-0.05, 0) is 51.2 Å². The van der Waals surface area contributed by atoms with E-state index in [9.17, 15) is 4.79 Å². The molecule has 2 N–H and O–H groups in total. The van der Waals surface area contributed by atoms with Gasteiger partial charge in [0.15, 0.2) is 0 Å². The number of unbranched alkanes of at least 4 members (excludes halogenated alkanes) is 11. The summed E-state index contributed by atoms with van der Waals surface area (Å²) in [5, 5.41) is 6.82. The molecule has 0 aromatic carbocycles. The first-order valence-electron chi connectivity index (χ1n) is 15.4. The maximum Gasteiger partial charge on any atom is 0.307 e. The molecule has 0 amide bonds. The van der Waals surface area contributed by atoms with Crippen LogP contribution in [0.4, 0.5) is 0 Å². The minimum atomic E-state index is -0.0706. The summed E-state index contributed by atoms with van der Waals surface area (Å²) in [6.07, 6.45) is 22.5. The number of nitrogens with one attached hydrogen (secondary N) is 2. The van der Waals surface area contributed by atoms with Gasteiger partial charge in [0.1, 0.15) is 0 Å². The summed E-state index contributed by atoms with van der Waals surface area (Å²) < 4.78 is 11.2. The summed E-state index contributed by atoms with van der Waals surface area (Å²) >= 11 is 0. The molecule has 0 aromatic heterocycles. The number of carbonyl (C=O) groups excluding carboxylic acids is 1. The van der Waals surface area contributed by atoms with Crippen LogP contribution in [0, 0.1) is 5.92 Å². The predicted molar refractivity (Wildman–Crippen MR) is 151 cm³/mol. The average Bonchev–Trinajstić information content (AvgIpc) is 2.87. The number of esters is 1. The fraction of sp³-hybridized carbons (Fsp3) is 0.967. The first kappa shape index (κ1) is 34.4. The van der Waals surface area contributed by atoms with Crippen LogP contribution >= 0.6 is 0 Å². The standard InChI is InChI=1S/C30H62N2O3/c1-4-7-9-10-11-12-13-14-15-16-17-26-34-27-19-24-31-22-18-23-32-25-21-30(33)35-28-29(6-3)20-8-5-2/h29,31-32H,4-28H2,1-3H3. The summed E-state index contributed by atoms with van der Waals surface area (Å²) in [7, 11) is 0. The molecular weight excluding hydrogens is 436 g/mol. The Morgan fingerprint density at radius 3 is 1.80 bits per heavy atom. The normalized spacial score (nSPS) is 12.2. The Bertz CT molecular complexity index is 420. The molecule has 0 aliphatic carbocycles. The lowest BCUT2D eigenvalue weighted by Gasteiger charge is -2.14. The van der Waals surface area contributed by atoms with E-state index >= 15 is 0 Å². The SMILES string of the molecule is CCCCCCCCCCCCCOCCCNCCCNCCC(=O)OCC(CC)CCCC. The molecule has 0 saturated heterocycles. The lowest BCUT2D eigenvalue weighted by molar-refractivity contribution is -0.145. The largest absolute Gasteiger partial charge is 0.465 e. The molecule has 0 aromatic rings. The van der Waals surface area contributed by atoms with Crippen LogP contribution in [0.5, 0.6) is 0 Å². The Balaban J connectivity index is 3.20. The van der Waals surface area contributed by atoms with Gasteiger partial charge in [0.05, 0.1) is 13.0 Å². The van der Waals surface area contributed by atoms with Crippen LogP contribution in [-0.2, 0) is 14.3 Å². The first-order valence-corrected chi connectivity index (χ1v) is 15.4. The Hall–Kier alpha value is -0.650. The molecule has 1 atom stereocenters. The summed E-state index contributed by atoms with van der Waals surface area (Å²) in [6, 6.07) is 0. The van der Waals surface area contributed by atoms with E-state index in [4.69, 9.17) is 9.47 Å². The first-order chi connectivity index (χ1) is 17.2. The highest BCUT2D eigenvalue weighted by Gasteiger charge is 2.09. The van der Waals surface area contributed by atoms with Gasteiger partial charge in [-0.15, -0.1) is 0 Å². The minimum absolute atomic E-state index is 0.0706. The summed E-state index contributed by atoms with van der Waals surface area (Å²) in [5.41, 5.74) is 0. The minimum Gasteiger partial charge on any atom is -0.465 e. The monoisotopic (exact) mass is 498 g/mol. The van der Waals surface area contributed by atoms with Gasteiger partial charge in [-0.25, -0.2) is 0 Å². The molecule has 0 aliphatic heterocycles. The van der Waals surface area contributed by atoms with Crippen LogP contribution in [0.1, 0.15) is 136 Å². The number of hydrogen-bond acceptors (Lipinski definition) is 5. The van der Waals surface area contributed by atoms with Gasteiger partial charge in [0, 0.05) is 19.8 Å². The Labute approximate surface area is 219 Å². The molecule has 0 bridgehead atoms. The molecule has 5 nitrogen and oxygen atoms in total. The fourth-order valence-electron chi connectivity index (χ4n) is 4.23. The molecule has 0 rings (SSSR count). The van der Waals surface area contributed by atoms with Gasteiger partial charge in [-0.2, -0.15) is 0 Å². The summed E-state index contributed by atoms with van der Waals surface area (Å²) in [5.74, 6) is 0.451. The Morgan fingerprint density at radius 2 is 1.17 bits per heavy atom. The second-order valence-electron chi connectivity index (χ2n) is 10.2. The molecule has 5 heteroatoms. The van der Waals surface area contributed by atoms with Gasteiger partial charge in [-0.1, -0.05) is 104 Å². The van der Waals surface area contributed by atoms with Crippen LogP contribution < -0.4 is 10.6 Å². The maximum absolute atomic E-state index is 11.9. The molecule has 0 heterocycles. The molecule has 35 heavy (non-hydrogen) atoms. The van der Waals surface area contributed by atoms with Gasteiger partial charge in [0.2, 0.25) is 0 Å². The molecule has 0 saturated carbocycles. The molecule has 0 aliphatic rings. The third-order valence-electron chi connectivity index (χ3n) is 6.77. The van der Waals surface area contributed by atoms with E-state index in [1.54, 1.807) is 0 Å². The lowest BCUT2D eigenvalue weighted by atomic mass is 10.0. The van der Waals surface area contributed by atoms with E-state index in [0.29, 0.717) is 25.5 Å². The van der Waals surface area contributed by atoms with E-state index in [1.807, 2.05) is 0 Å². The zero-order valence-electron chi connectivity index (χ0n) is 24.0. The molecule has 0 radical (unpaired) electrons. The van der Waals surface area contributed by atoms with Crippen molar-refractivity contribution in [3.05, 3.63) is 0 Å². The van der Waals surface area contributed by atoms with Crippen molar-refractivity contribution in [3.8, 4) is 0 Å². The molecule has 0 spiro atoms. The van der Waals surface area contributed by atoms with Crippen LogP contribution in [0.15, 0.2) is 0 Å². The van der Waals surface area contributed by atoms with Crippen LogP contribution in [0.2, 0.25) is 0 Å². The van der Waals surface area contributed by atoms with Crippen molar-refractivity contribution < 1.29 is 14.3 Å². The third-order valence-corrected chi connectivity index (χ3v) is 6.77. The zero-order valence-corrected chi connectivity index (χ0v) is 24.0. The third kappa shape index (κ3) is 27.8. The number of carbonyl (C=O) groups is 1. The van der Waals surface area contributed by atoms with Gasteiger partial charge in [0.25, 0.3) is 0 Å². The number of ether oxygens (including phenoxy) is 2. The second kappa shape index (κ2) is 29.6. The van der Waals surface area contributed by atoms with E-state index in [1.165, 1.54) is 83.5 Å². The predicted octanol–water partition coefficient (Wildman–Crippen LogP) is 7.42. The van der Waals surface area contributed by atoms with E-state index in [2.05, 4.69) is 31.4 Å². The highest BCUT2D eigenvalue weighted by atomic mass is 16.5. The quantitative estimate of drug-likeness (QED) is 0.0830. The molecule has 210 valence electrons. The van der Waals surface area contributed by atoms with Gasteiger partial charge >= 0.3 is 5.97 Å². The lowest BCUT2D eigenvalue weighted by Crippen LogP contribution is -2.25. The van der Waals surface area contributed by atoms with Crippen LogP contribution in [-0.4, -0.2) is 52.0 Å². The van der Waals surface area contributed by atoms with E-state index < -0.39 is 0 Å². The second-order valence-corrected chi connectivity index (χ2v) is 10.2. The van der Waals surface area contributed by atoms with E-state index in [0.717, 1.165) is 58.5 Å². The van der Waals surface area contributed by atoms with Crippen molar-refractivity contribution >= 4 is 5.97 Å². The number of rotatable bonds is 29. The highest BCUT2D eigenvalue weighted by Crippen LogP contribution is 2.13.